The molecule has 0 bridgehead atoms. The van der Waals surface area contributed by atoms with E-state index in [0.717, 1.165) is 25.2 Å². The van der Waals surface area contributed by atoms with Gasteiger partial charge in [-0.05, 0) is 24.5 Å². The fraction of sp³-hybridized carbons (Fsp3) is 0.571. The first kappa shape index (κ1) is 15.3. The molecular formula is C14H19BrN2O3. The van der Waals surface area contributed by atoms with Crippen molar-refractivity contribution in [2.75, 3.05) is 25.1 Å². The van der Waals surface area contributed by atoms with E-state index in [4.69, 9.17) is 4.74 Å². The van der Waals surface area contributed by atoms with Gasteiger partial charge in [-0.1, -0.05) is 22.9 Å². The Morgan fingerprint density at radius 1 is 1.55 bits per heavy atom. The van der Waals surface area contributed by atoms with Gasteiger partial charge in [0.2, 0.25) is 0 Å². The van der Waals surface area contributed by atoms with E-state index in [9.17, 15) is 10.1 Å². The summed E-state index contributed by atoms with van der Waals surface area (Å²) >= 11 is 3.32. The van der Waals surface area contributed by atoms with Gasteiger partial charge in [0.25, 0.3) is 5.69 Å². The predicted octanol–water partition coefficient (Wildman–Crippen LogP) is 3.35. The molecule has 1 aromatic carbocycles. The summed E-state index contributed by atoms with van der Waals surface area (Å²) in [5.41, 5.74) is 1.90. The highest BCUT2D eigenvalue weighted by Crippen LogP contribution is 2.30. The minimum Gasteiger partial charge on any atom is -0.379 e. The molecule has 1 aromatic rings. The van der Waals surface area contributed by atoms with E-state index in [1.165, 1.54) is 0 Å². The Morgan fingerprint density at radius 3 is 2.90 bits per heavy atom. The zero-order chi connectivity index (χ0) is 14.7. The molecule has 20 heavy (non-hydrogen) atoms. The number of nitro groups is 1. The average Bonchev–Trinajstić information content (AvgIpc) is 2.46. The highest BCUT2D eigenvalue weighted by molar-refractivity contribution is 9.08. The molecule has 0 aliphatic carbocycles. The molecule has 0 aromatic heterocycles. The number of piperidine rings is 1. The minimum absolute atomic E-state index is 0.166. The third kappa shape index (κ3) is 3.12. The van der Waals surface area contributed by atoms with Gasteiger partial charge < -0.3 is 9.64 Å². The number of hydrogen-bond donors (Lipinski definition) is 0. The number of alkyl halides is 1. The maximum Gasteiger partial charge on any atom is 0.273 e. The van der Waals surface area contributed by atoms with Crippen LogP contribution in [0, 0.1) is 16.0 Å². The van der Waals surface area contributed by atoms with Gasteiger partial charge in [0.05, 0.1) is 11.0 Å². The van der Waals surface area contributed by atoms with Crippen LogP contribution in [0.15, 0.2) is 18.2 Å². The van der Waals surface area contributed by atoms with Gasteiger partial charge in [-0.15, -0.1) is 0 Å². The Labute approximate surface area is 127 Å². The van der Waals surface area contributed by atoms with E-state index in [1.807, 2.05) is 12.1 Å². The second kappa shape index (κ2) is 6.54. The van der Waals surface area contributed by atoms with Crippen LogP contribution in [0.25, 0.3) is 0 Å². The molecule has 6 heteroatoms. The van der Waals surface area contributed by atoms with Gasteiger partial charge in [0, 0.05) is 42.8 Å². The Morgan fingerprint density at radius 2 is 2.30 bits per heavy atom. The number of benzene rings is 1. The summed E-state index contributed by atoms with van der Waals surface area (Å²) in [5, 5.41) is 11.4. The molecular weight excluding hydrogens is 324 g/mol. The number of nitro benzene ring substituents is 1. The lowest BCUT2D eigenvalue weighted by Crippen LogP contribution is -2.43. The van der Waals surface area contributed by atoms with E-state index in [1.54, 1.807) is 13.2 Å². The van der Waals surface area contributed by atoms with E-state index in [0.29, 0.717) is 16.8 Å². The van der Waals surface area contributed by atoms with Crippen molar-refractivity contribution in [1.29, 1.82) is 0 Å². The molecule has 1 saturated heterocycles. The van der Waals surface area contributed by atoms with E-state index in [-0.39, 0.29) is 16.7 Å². The van der Waals surface area contributed by atoms with Crippen LogP contribution in [0.2, 0.25) is 0 Å². The molecule has 0 saturated carbocycles. The van der Waals surface area contributed by atoms with Crippen molar-refractivity contribution in [3.05, 3.63) is 33.9 Å². The highest BCUT2D eigenvalue weighted by atomic mass is 79.9. The molecule has 2 atom stereocenters. The summed E-state index contributed by atoms with van der Waals surface area (Å²) in [5.74, 6) is 0.546. The molecule has 5 nitrogen and oxygen atoms in total. The van der Waals surface area contributed by atoms with Gasteiger partial charge in [-0.2, -0.15) is 0 Å². The number of ether oxygens (including phenoxy) is 1. The molecule has 0 amide bonds. The van der Waals surface area contributed by atoms with Crippen LogP contribution < -0.4 is 4.90 Å². The van der Waals surface area contributed by atoms with E-state index >= 15 is 0 Å². The molecule has 1 fully saturated rings. The molecule has 110 valence electrons. The third-order valence-electron chi connectivity index (χ3n) is 3.96. The van der Waals surface area contributed by atoms with Crippen molar-refractivity contribution < 1.29 is 9.66 Å². The summed E-state index contributed by atoms with van der Waals surface area (Å²) in [7, 11) is 1.74. The zero-order valence-electron chi connectivity index (χ0n) is 11.7. The summed E-state index contributed by atoms with van der Waals surface area (Å²) in [6, 6.07) is 5.31. The lowest BCUT2D eigenvalue weighted by molar-refractivity contribution is -0.385. The van der Waals surface area contributed by atoms with Crippen molar-refractivity contribution in [3.8, 4) is 0 Å². The number of hydrogen-bond acceptors (Lipinski definition) is 4. The van der Waals surface area contributed by atoms with Crippen molar-refractivity contribution in [2.45, 2.75) is 24.8 Å². The Balaban J connectivity index is 2.23. The molecule has 0 spiro atoms. The summed E-state index contributed by atoms with van der Waals surface area (Å²) in [6.07, 6.45) is 1.28. The Kier molecular flexibility index (Phi) is 4.99. The Hall–Kier alpha value is -1.14. The molecule has 1 heterocycles. The van der Waals surface area contributed by atoms with Crippen LogP contribution in [0.4, 0.5) is 11.4 Å². The van der Waals surface area contributed by atoms with Crippen molar-refractivity contribution in [2.24, 2.45) is 5.92 Å². The number of halogens is 1. The molecule has 1 aliphatic rings. The summed E-state index contributed by atoms with van der Waals surface area (Å²) < 4.78 is 5.51. The fourth-order valence-electron chi connectivity index (χ4n) is 2.63. The maximum absolute atomic E-state index is 11.0. The average molecular weight is 343 g/mol. The van der Waals surface area contributed by atoms with Crippen molar-refractivity contribution in [3.63, 3.8) is 0 Å². The van der Waals surface area contributed by atoms with Gasteiger partial charge in [-0.25, -0.2) is 0 Å². The van der Waals surface area contributed by atoms with Crippen LogP contribution in [-0.2, 0) is 10.1 Å². The maximum atomic E-state index is 11.0. The van der Waals surface area contributed by atoms with Crippen LogP contribution in [0.1, 0.15) is 18.9 Å². The zero-order valence-corrected chi connectivity index (χ0v) is 13.3. The Bertz CT molecular complexity index is 495. The monoisotopic (exact) mass is 342 g/mol. The van der Waals surface area contributed by atoms with Crippen LogP contribution >= 0.6 is 15.9 Å². The molecule has 0 radical (unpaired) electrons. The van der Waals surface area contributed by atoms with E-state index < -0.39 is 0 Å². The fourth-order valence-corrected chi connectivity index (χ4v) is 3.08. The summed E-state index contributed by atoms with van der Waals surface area (Å²) in [6.45, 7) is 3.99. The topological polar surface area (TPSA) is 55.6 Å². The van der Waals surface area contributed by atoms with Crippen LogP contribution in [0.3, 0.4) is 0 Å². The first-order chi connectivity index (χ1) is 9.56. The third-order valence-corrected chi connectivity index (χ3v) is 4.57. The SMILES string of the molecule is COC1CN(c2ccc([N+](=O)[O-])c(CBr)c2)CCC1C. The van der Waals surface area contributed by atoms with E-state index in [2.05, 4.69) is 27.8 Å². The predicted molar refractivity (Wildman–Crippen MR) is 82.5 cm³/mol. The first-order valence-corrected chi connectivity index (χ1v) is 7.80. The summed E-state index contributed by atoms with van der Waals surface area (Å²) in [4.78, 5) is 12.9. The lowest BCUT2D eigenvalue weighted by atomic mass is 9.95. The molecule has 1 aliphatic heterocycles. The second-order valence-electron chi connectivity index (χ2n) is 5.19. The largest absolute Gasteiger partial charge is 0.379 e. The molecule has 0 N–H and O–H groups in total. The number of nitrogens with zero attached hydrogens (tertiary/aromatic N) is 2. The van der Waals surface area contributed by atoms with Crippen molar-refractivity contribution >= 4 is 27.3 Å². The standard InChI is InChI=1S/C14H19BrN2O3/c1-10-5-6-16(9-14(10)20-2)12-3-4-13(17(18)19)11(7-12)8-15/h3-4,7,10,14H,5-6,8-9H2,1-2H3. The number of methoxy groups -OCH3 is 1. The molecule has 2 unspecified atom stereocenters. The van der Waals surface area contributed by atoms with Crippen LogP contribution in [-0.4, -0.2) is 31.2 Å². The minimum atomic E-state index is -0.337. The number of anilines is 1. The number of rotatable bonds is 4. The van der Waals surface area contributed by atoms with Gasteiger partial charge in [0.1, 0.15) is 0 Å². The second-order valence-corrected chi connectivity index (χ2v) is 5.75. The first-order valence-electron chi connectivity index (χ1n) is 6.67. The van der Waals surface area contributed by atoms with Gasteiger partial charge in [-0.3, -0.25) is 10.1 Å². The van der Waals surface area contributed by atoms with Crippen molar-refractivity contribution in [1.82, 2.24) is 0 Å². The quantitative estimate of drug-likeness (QED) is 0.478. The lowest BCUT2D eigenvalue weighted by Gasteiger charge is -2.37. The highest BCUT2D eigenvalue weighted by Gasteiger charge is 2.27. The smallest absolute Gasteiger partial charge is 0.273 e. The van der Waals surface area contributed by atoms with Gasteiger partial charge in [0.15, 0.2) is 0 Å². The van der Waals surface area contributed by atoms with Crippen LogP contribution in [0.5, 0.6) is 0 Å². The van der Waals surface area contributed by atoms with Gasteiger partial charge >= 0.3 is 0 Å². The molecule has 2 rings (SSSR count). The normalized spacial score (nSPS) is 22.9.